The average Bonchev–Trinajstić information content (AvgIpc) is 2.84. The number of carboxylic acids is 1. The first-order valence-corrected chi connectivity index (χ1v) is 7.68. The molecule has 6 nitrogen and oxygen atoms in total. The summed E-state index contributed by atoms with van der Waals surface area (Å²) >= 11 is 3.41. The van der Waals surface area contributed by atoms with E-state index >= 15 is 0 Å². The van der Waals surface area contributed by atoms with Crippen LogP contribution in [0.4, 0.5) is 5.69 Å². The molecule has 118 valence electrons. The highest BCUT2D eigenvalue weighted by molar-refractivity contribution is 9.10. The van der Waals surface area contributed by atoms with Gasteiger partial charge in [0.15, 0.2) is 0 Å². The first kappa shape index (κ1) is 16.5. The predicted molar refractivity (Wildman–Crippen MR) is 84.6 cm³/mol. The van der Waals surface area contributed by atoms with Gasteiger partial charge in [-0.2, -0.15) is 0 Å². The lowest BCUT2D eigenvalue weighted by molar-refractivity contribution is -0.141. The van der Waals surface area contributed by atoms with Gasteiger partial charge in [-0.15, -0.1) is 0 Å². The Labute approximate surface area is 136 Å². The highest BCUT2D eigenvalue weighted by atomic mass is 79.9. The van der Waals surface area contributed by atoms with E-state index in [4.69, 9.17) is 5.11 Å². The number of carbonyl (C=O) groups is 3. The second kappa shape index (κ2) is 6.48. The molecule has 1 aromatic carbocycles. The lowest BCUT2D eigenvalue weighted by atomic mass is 10.1. The van der Waals surface area contributed by atoms with Crippen LogP contribution in [0, 0.1) is 12.8 Å². The molecular formula is C15H17BrN2O4. The molecule has 2 atom stereocenters. The number of carbonyl (C=O) groups excluding carboxylic acids is 2. The van der Waals surface area contributed by atoms with Crippen LogP contribution >= 0.6 is 15.9 Å². The molecule has 2 amide bonds. The lowest BCUT2D eigenvalue weighted by Gasteiger charge is -2.18. The first-order chi connectivity index (χ1) is 10.3. The molecule has 1 aliphatic rings. The van der Waals surface area contributed by atoms with Crippen molar-refractivity contribution in [2.75, 3.05) is 11.4 Å². The molecule has 2 rings (SSSR count). The van der Waals surface area contributed by atoms with E-state index in [2.05, 4.69) is 21.2 Å². The first-order valence-electron chi connectivity index (χ1n) is 6.89. The van der Waals surface area contributed by atoms with Crippen molar-refractivity contribution in [2.24, 2.45) is 5.92 Å². The molecule has 2 unspecified atom stereocenters. The van der Waals surface area contributed by atoms with Crippen LogP contribution in [0.3, 0.4) is 0 Å². The molecule has 7 heteroatoms. The van der Waals surface area contributed by atoms with E-state index in [9.17, 15) is 14.4 Å². The summed E-state index contributed by atoms with van der Waals surface area (Å²) in [5, 5.41) is 11.2. The average molecular weight is 369 g/mol. The molecule has 0 aromatic heterocycles. The summed E-state index contributed by atoms with van der Waals surface area (Å²) in [6, 6.07) is 4.58. The topological polar surface area (TPSA) is 86.7 Å². The molecule has 0 saturated carbocycles. The summed E-state index contributed by atoms with van der Waals surface area (Å²) < 4.78 is 0.951. The van der Waals surface area contributed by atoms with Gasteiger partial charge in [-0.3, -0.25) is 14.4 Å². The van der Waals surface area contributed by atoms with Gasteiger partial charge in [0.1, 0.15) is 6.04 Å². The fourth-order valence-corrected chi connectivity index (χ4v) is 2.57. The van der Waals surface area contributed by atoms with E-state index < -0.39 is 23.8 Å². The predicted octanol–water partition coefficient (Wildman–Crippen LogP) is 1.70. The van der Waals surface area contributed by atoms with Crippen molar-refractivity contribution >= 4 is 39.4 Å². The van der Waals surface area contributed by atoms with Gasteiger partial charge in [-0.1, -0.05) is 15.9 Å². The number of nitrogens with one attached hydrogen (secondary N) is 1. The third-order valence-corrected chi connectivity index (χ3v) is 4.57. The van der Waals surface area contributed by atoms with Gasteiger partial charge in [0.2, 0.25) is 11.8 Å². The SMILES string of the molecule is Cc1cc(N2CC(C(=O)NC(C)C(=O)O)CC2=O)ccc1Br. The minimum atomic E-state index is -1.10. The Morgan fingerprint density at radius 1 is 1.45 bits per heavy atom. The maximum absolute atomic E-state index is 12.1. The molecule has 1 aliphatic heterocycles. The van der Waals surface area contributed by atoms with Crippen LogP contribution in [0.5, 0.6) is 0 Å². The Morgan fingerprint density at radius 2 is 2.14 bits per heavy atom. The molecule has 1 fully saturated rings. The van der Waals surface area contributed by atoms with Crippen molar-refractivity contribution < 1.29 is 19.5 Å². The van der Waals surface area contributed by atoms with Crippen molar-refractivity contribution in [3.8, 4) is 0 Å². The van der Waals surface area contributed by atoms with Gasteiger partial charge in [0, 0.05) is 23.1 Å². The zero-order chi connectivity index (χ0) is 16.4. The maximum Gasteiger partial charge on any atom is 0.325 e. The molecular weight excluding hydrogens is 352 g/mol. The zero-order valence-electron chi connectivity index (χ0n) is 12.3. The Morgan fingerprint density at radius 3 is 2.73 bits per heavy atom. The number of hydrogen-bond donors (Lipinski definition) is 2. The summed E-state index contributed by atoms with van der Waals surface area (Å²) in [5.74, 6) is -2.17. The van der Waals surface area contributed by atoms with Gasteiger partial charge >= 0.3 is 5.97 Å². The van der Waals surface area contributed by atoms with E-state index in [1.807, 2.05) is 25.1 Å². The summed E-state index contributed by atoms with van der Waals surface area (Å²) in [5.41, 5.74) is 1.74. The number of nitrogens with zero attached hydrogens (tertiary/aromatic N) is 1. The quantitative estimate of drug-likeness (QED) is 0.846. The minimum absolute atomic E-state index is 0.0906. The summed E-state index contributed by atoms with van der Waals surface area (Å²) in [4.78, 5) is 36.5. The number of rotatable bonds is 4. The molecule has 1 heterocycles. The van der Waals surface area contributed by atoms with Crippen molar-refractivity contribution in [2.45, 2.75) is 26.3 Å². The molecule has 1 saturated heterocycles. The third-order valence-electron chi connectivity index (χ3n) is 3.68. The fourth-order valence-electron chi connectivity index (χ4n) is 2.32. The number of benzene rings is 1. The number of aliphatic carboxylic acids is 1. The van der Waals surface area contributed by atoms with Crippen LogP contribution < -0.4 is 10.2 Å². The van der Waals surface area contributed by atoms with Crippen LogP contribution in [0.1, 0.15) is 18.9 Å². The van der Waals surface area contributed by atoms with Crippen LogP contribution in [0.25, 0.3) is 0 Å². The molecule has 0 aliphatic carbocycles. The number of amides is 2. The third kappa shape index (κ3) is 3.47. The van der Waals surface area contributed by atoms with Gasteiger partial charge in [-0.05, 0) is 37.6 Å². The van der Waals surface area contributed by atoms with Crippen molar-refractivity contribution in [1.29, 1.82) is 0 Å². The highest BCUT2D eigenvalue weighted by Gasteiger charge is 2.36. The normalized spacial score (nSPS) is 19.1. The number of carboxylic acid groups (broad SMARTS) is 1. The number of halogens is 1. The van der Waals surface area contributed by atoms with Gasteiger partial charge in [0.05, 0.1) is 5.92 Å². The summed E-state index contributed by atoms with van der Waals surface area (Å²) in [6.45, 7) is 3.58. The zero-order valence-corrected chi connectivity index (χ0v) is 13.9. The molecule has 1 aromatic rings. The van der Waals surface area contributed by atoms with E-state index in [1.165, 1.54) is 6.92 Å². The van der Waals surface area contributed by atoms with Crippen LogP contribution in [-0.2, 0) is 14.4 Å². The summed E-state index contributed by atoms with van der Waals surface area (Å²) in [7, 11) is 0. The number of anilines is 1. The van der Waals surface area contributed by atoms with Crippen LogP contribution in [-0.4, -0.2) is 35.5 Å². The van der Waals surface area contributed by atoms with E-state index in [1.54, 1.807) is 4.90 Å². The molecule has 0 spiro atoms. The van der Waals surface area contributed by atoms with E-state index in [-0.39, 0.29) is 18.9 Å². The minimum Gasteiger partial charge on any atom is -0.480 e. The molecule has 0 radical (unpaired) electrons. The smallest absolute Gasteiger partial charge is 0.325 e. The van der Waals surface area contributed by atoms with Gasteiger partial charge in [-0.25, -0.2) is 0 Å². The van der Waals surface area contributed by atoms with Crippen LogP contribution in [0.2, 0.25) is 0 Å². The molecule has 2 N–H and O–H groups in total. The monoisotopic (exact) mass is 368 g/mol. The van der Waals surface area contributed by atoms with Gasteiger partial charge < -0.3 is 15.3 Å². The Bertz CT molecular complexity index is 632. The second-order valence-corrected chi connectivity index (χ2v) is 6.26. The molecule has 22 heavy (non-hydrogen) atoms. The van der Waals surface area contributed by atoms with Crippen molar-refractivity contribution in [1.82, 2.24) is 5.32 Å². The fraction of sp³-hybridized carbons (Fsp3) is 0.400. The number of hydrogen-bond acceptors (Lipinski definition) is 3. The maximum atomic E-state index is 12.1. The van der Waals surface area contributed by atoms with E-state index in [0.717, 1.165) is 15.7 Å². The lowest BCUT2D eigenvalue weighted by Crippen LogP contribution is -2.42. The highest BCUT2D eigenvalue weighted by Crippen LogP contribution is 2.28. The number of aryl methyl sites for hydroxylation is 1. The van der Waals surface area contributed by atoms with Crippen molar-refractivity contribution in [3.63, 3.8) is 0 Å². The van der Waals surface area contributed by atoms with Crippen molar-refractivity contribution in [3.05, 3.63) is 28.2 Å². The second-order valence-electron chi connectivity index (χ2n) is 5.41. The van der Waals surface area contributed by atoms with Gasteiger partial charge in [0.25, 0.3) is 0 Å². The Kier molecular flexibility index (Phi) is 4.85. The molecule has 0 bridgehead atoms. The summed E-state index contributed by atoms with van der Waals surface area (Å²) in [6.07, 6.45) is 0.0906. The van der Waals surface area contributed by atoms with Crippen LogP contribution in [0.15, 0.2) is 22.7 Å². The van der Waals surface area contributed by atoms with E-state index in [0.29, 0.717) is 0 Å². The Balaban J connectivity index is 2.08. The Hall–Kier alpha value is -1.89. The largest absolute Gasteiger partial charge is 0.480 e. The standard InChI is InChI=1S/C15H17BrN2O4/c1-8-5-11(3-4-12(8)16)18-7-10(6-13(18)19)14(20)17-9(2)15(21)22/h3-5,9-10H,6-7H2,1-2H3,(H,17,20)(H,21,22).